The molecule has 0 saturated heterocycles. The average Bonchev–Trinajstić information content (AvgIpc) is 3.00. The van der Waals surface area contributed by atoms with E-state index in [1.165, 1.54) is 4.63 Å². The molecule has 2 heterocycles. The van der Waals surface area contributed by atoms with Gasteiger partial charge in [-0.25, -0.2) is 0 Å². The van der Waals surface area contributed by atoms with E-state index in [4.69, 9.17) is 0 Å². The zero-order valence-corrected chi connectivity index (χ0v) is 11.8. The van der Waals surface area contributed by atoms with Crippen molar-refractivity contribution in [2.75, 3.05) is 30.4 Å². The summed E-state index contributed by atoms with van der Waals surface area (Å²) >= 11 is 0. The van der Waals surface area contributed by atoms with Crippen LogP contribution in [0.4, 0.5) is 11.5 Å². The third-order valence-corrected chi connectivity index (χ3v) is 3.22. The quantitative estimate of drug-likeness (QED) is 0.691. The third-order valence-electron chi connectivity index (χ3n) is 3.22. The first-order chi connectivity index (χ1) is 10.3. The van der Waals surface area contributed by atoms with E-state index in [-0.39, 0.29) is 0 Å². The van der Waals surface area contributed by atoms with Gasteiger partial charge in [0.25, 0.3) is 0 Å². The van der Waals surface area contributed by atoms with Gasteiger partial charge in [0.2, 0.25) is 0 Å². The Bertz CT molecular complexity index is 695. The highest BCUT2D eigenvalue weighted by atomic mass is 15.6. The molecule has 108 valence electrons. The molecule has 0 amide bonds. The van der Waals surface area contributed by atoms with Crippen molar-refractivity contribution in [2.24, 2.45) is 0 Å². The summed E-state index contributed by atoms with van der Waals surface area (Å²) in [5.41, 5.74) is 1.80. The number of benzene rings is 1. The molecule has 0 aliphatic carbocycles. The average molecular weight is 283 g/mol. The Balaban J connectivity index is 1.50. The van der Waals surface area contributed by atoms with Crippen molar-refractivity contribution in [3.63, 3.8) is 0 Å². The van der Waals surface area contributed by atoms with Crippen LogP contribution in [-0.4, -0.2) is 45.4 Å². The first-order valence-corrected chi connectivity index (χ1v) is 6.88. The number of hydrogen-bond acceptors (Lipinski definition) is 6. The van der Waals surface area contributed by atoms with Gasteiger partial charge in [0.05, 0.1) is 0 Å². The zero-order chi connectivity index (χ0) is 14.5. The highest BCUT2D eigenvalue weighted by Gasteiger charge is 2.05. The molecule has 2 aromatic heterocycles. The summed E-state index contributed by atoms with van der Waals surface area (Å²) in [6.45, 7) is 1.82. The molecule has 21 heavy (non-hydrogen) atoms. The second kappa shape index (κ2) is 6.17. The minimum atomic E-state index is 0.651. The number of anilines is 2. The first-order valence-electron chi connectivity index (χ1n) is 6.88. The summed E-state index contributed by atoms with van der Waals surface area (Å²) in [4.78, 5) is 2.09. The fourth-order valence-corrected chi connectivity index (χ4v) is 2.06. The molecule has 1 aromatic carbocycles. The van der Waals surface area contributed by atoms with E-state index in [1.807, 2.05) is 37.4 Å². The Kier molecular flexibility index (Phi) is 3.90. The SMILES string of the molecule is CN(CCCNc1ccccc1)c1ccc2nnnn2n1. The smallest absolute Gasteiger partial charge is 0.200 e. The number of para-hydroxylation sites is 1. The molecule has 3 aromatic rings. The maximum Gasteiger partial charge on any atom is 0.200 e. The Morgan fingerprint density at radius 3 is 2.86 bits per heavy atom. The summed E-state index contributed by atoms with van der Waals surface area (Å²) < 4.78 is 1.44. The fourth-order valence-electron chi connectivity index (χ4n) is 2.06. The number of nitrogens with one attached hydrogen (secondary N) is 1. The Morgan fingerprint density at radius 2 is 2.00 bits per heavy atom. The molecule has 0 unspecified atom stereocenters. The summed E-state index contributed by atoms with van der Waals surface area (Å²) in [6, 6.07) is 14.0. The lowest BCUT2D eigenvalue weighted by molar-refractivity contribution is 0.714. The molecule has 3 rings (SSSR count). The molecule has 0 saturated carbocycles. The van der Waals surface area contributed by atoms with Gasteiger partial charge in [0.15, 0.2) is 11.5 Å². The summed E-state index contributed by atoms with van der Waals surface area (Å²) in [5, 5.41) is 19.0. The van der Waals surface area contributed by atoms with E-state index in [1.54, 1.807) is 0 Å². The highest BCUT2D eigenvalue weighted by molar-refractivity contribution is 5.44. The van der Waals surface area contributed by atoms with Crippen LogP contribution >= 0.6 is 0 Å². The number of nitrogens with zero attached hydrogens (tertiary/aromatic N) is 6. The van der Waals surface area contributed by atoms with Crippen LogP contribution in [0.5, 0.6) is 0 Å². The van der Waals surface area contributed by atoms with Crippen LogP contribution in [-0.2, 0) is 0 Å². The van der Waals surface area contributed by atoms with Crippen molar-refractivity contribution >= 4 is 17.2 Å². The van der Waals surface area contributed by atoms with E-state index in [0.717, 1.165) is 31.0 Å². The molecule has 0 aliphatic rings. The van der Waals surface area contributed by atoms with Gasteiger partial charge in [0, 0.05) is 25.8 Å². The third kappa shape index (κ3) is 3.25. The van der Waals surface area contributed by atoms with Crippen LogP contribution in [0, 0.1) is 0 Å². The monoisotopic (exact) mass is 283 g/mol. The van der Waals surface area contributed by atoms with Gasteiger partial charge in [-0.1, -0.05) is 18.2 Å². The van der Waals surface area contributed by atoms with Crippen LogP contribution < -0.4 is 10.2 Å². The first kappa shape index (κ1) is 13.3. The minimum absolute atomic E-state index is 0.651. The molecule has 7 heteroatoms. The van der Waals surface area contributed by atoms with E-state index in [2.05, 4.69) is 43.0 Å². The lowest BCUT2D eigenvalue weighted by Crippen LogP contribution is -2.22. The predicted octanol–water partition coefficient (Wildman–Crippen LogP) is 1.46. The molecule has 0 aliphatic heterocycles. The second-order valence-corrected chi connectivity index (χ2v) is 4.79. The van der Waals surface area contributed by atoms with Gasteiger partial charge in [-0.15, -0.1) is 14.8 Å². The van der Waals surface area contributed by atoms with Crippen molar-refractivity contribution in [1.82, 2.24) is 25.3 Å². The molecule has 0 atom stereocenters. The largest absolute Gasteiger partial charge is 0.385 e. The van der Waals surface area contributed by atoms with Crippen molar-refractivity contribution in [3.05, 3.63) is 42.5 Å². The molecule has 0 fully saturated rings. The van der Waals surface area contributed by atoms with Crippen molar-refractivity contribution in [3.8, 4) is 0 Å². The van der Waals surface area contributed by atoms with Gasteiger partial charge in [-0.3, -0.25) is 0 Å². The zero-order valence-electron chi connectivity index (χ0n) is 11.8. The Hall–Kier alpha value is -2.70. The van der Waals surface area contributed by atoms with E-state index < -0.39 is 0 Å². The van der Waals surface area contributed by atoms with Gasteiger partial charge in [-0.2, -0.15) is 0 Å². The summed E-state index contributed by atoms with van der Waals surface area (Å²) in [6.07, 6.45) is 1.01. The van der Waals surface area contributed by atoms with Crippen molar-refractivity contribution in [2.45, 2.75) is 6.42 Å². The standard InChI is InChI=1S/C14H17N7/c1-20(11-5-10-15-12-6-3-2-4-7-12)14-9-8-13-16-18-19-21(13)17-14/h2-4,6-9,15H,5,10-11H2,1H3. The van der Waals surface area contributed by atoms with Crippen LogP contribution in [0.3, 0.4) is 0 Å². The summed E-state index contributed by atoms with van der Waals surface area (Å²) in [7, 11) is 2.01. The van der Waals surface area contributed by atoms with Crippen LogP contribution in [0.1, 0.15) is 6.42 Å². The number of rotatable bonds is 6. The number of aromatic nitrogens is 5. The van der Waals surface area contributed by atoms with Crippen LogP contribution in [0.25, 0.3) is 5.65 Å². The Morgan fingerprint density at radius 1 is 1.14 bits per heavy atom. The topological polar surface area (TPSA) is 71.2 Å². The molecular weight excluding hydrogens is 266 g/mol. The van der Waals surface area contributed by atoms with Crippen molar-refractivity contribution < 1.29 is 0 Å². The van der Waals surface area contributed by atoms with Crippen LogP contribution in [0.2, 0.25) is 0 Å². The normalized spacial score (nSPS) is 10.7. The van der Waals surface area contributed by atoms with Crippen molar-refractivity contribution in [1.29, 1.82) is 0 Å². The molecular formula is C14H17N7. The van der Waals surface area contributed by atoms with E-state index in [0.29, 0.717) is 5.65 Å². The number of tetrazole rings is 1. The van der Waals surface area contributed by atoms with Gasteiger partial charge in [0.1, 0.15) is 0 Å². The minimum Gasteiger partial charge on any atom is -0.385 e. The van der Waals surface area contributed by atoms with Gasteiger partial charge >= 0.3 is 0 Å². The van der Waals surface area contributed by atoms with Gasteiger partial charge < -0.3 is 10.2 Å². The van der Waals surface area contributed by atoms with E-state index in [9.17, 15) is 0 Å². The number of hydrogen-bond donors (Lipinski definition) is 1. The lowest BCUT2D eigenvalue weighted by atomic mass is 10.3. The molecule has 0 spiro atoms. The highest BCUT2D eigenvalue weighted by Crippen LogP contribution is 2.09. The maximum atomic E-state index is 4.36. The summed E-state index contributed by atoms with van der Waals surface area (Å²) in [5.74, 6) is 0.856. The molecule has 0 bridgehead atoms. The van der Waals surface area contributed by atoms with Crippen LogP contribution in [0.15, 0.2) is 42.5 Å². The van der Waals surface area contributed by atoms with Gasteiger partial charge in [-0.05, 0) is 41.1 Å². The Labute approximate surface area is 122 Å². The second-order valence-electron chi connectivity index (χ2n) is 4.79. The maximum absolute atomic E-state index is 4.36. The number of fused-ring (bicyclic) bond motifs is 1. The molecule has 0 radical (unpaired) electrons. The molecule has 1 N–H and O–H groups in total. The predicted molar refractivity (Wildman–Crippen MR) is 81.4 cm³/mol. The van der Waals surface area contributed by atoms with E-state index >= 15 is 0 Å². The fraction of sp³-hybridized carbons (Fsp3) is 0.286. The lowest BCUT2D eigenvalue weighted by Gasteiger charge is -2.17. The molecule has 7 nitrogen and oxygen atoms in total.